The quantitative estimate of drug-likeness (QED) is 0.858. The van der Waals surface area contributed by atoms with Gasteiger partial charge in [-0.1, -0.05) is 32.0 Å². The van der Waals surface area contributed by atoms with Crippen molar-refractivity contribution < 1.29 is 13.2 Å². The summed E-state index contributed by atoms with van der Waals surface area (Å²) in [6.45, 7) is 4.89. The van der Waals surface area contributed by atoms with Crippen LogP contribution in [0.1, 0.15) is 37.0 Å². The molecule has 1 aromatic carbocycles. The van der Waals surface area contributed by atoms with Crippen LogP contribution in [-0.2, 0) is 9.84 Å². The molecule has 0 unspecified atom stereocenters. The first-order chi connectivity index (χ1) is 9.90. The molecule has 1 heterocycles. The average molecular weight is 309 g/mol. The van der Waals surface area contributed by atoms with Gasteiger partial charge in [0.25, 0.3) is 5.91 Å². The summed E-state index contributed by atoms with van der Waals surface area (Å²) in [4.78, 5) is 14.1. The van der Waals surface area contributed by atoms with Crippen LogP contribution >= 0.6 is 0 Å². The van der Waals surface area contributed by atoms with Crippen LogP contribution in [0.3, 0.4) is 0 Å². The fraction of sp³-hybridized carbons (Fsp3) is 0.562. The maximum absolute atomic E-state index is 12.3. The number of carbonyl (C=O) groups excluding carboxylic acids is 1. The number of sulfone groups is 1. The smallest absolute Gasteiger partial charge is 0.253 e. The maximum Gasteiger partial charge on any atom is 0.253 e. The van der Waals surface area contributed by atoms with Gasteiger partial charge in [-0.25, -0.2) is 8.42 Å². The van der Waals surface area contributed by atoms with Gasteiger partial charge in [-0.05, 0) is 30.9 Å². The summed E-state index contributed by atoms with van der Waals surface area (Å²) in [6.07, 6.45) is 1.10. The van der Waals surface area contributed by atoms with Crippen molar-refractivity contribution in [3.63, 3.8) is 0 Å². The Labute approximate surface area is 127 Å². The van der Waals surface area contributed by atoms with Crippen molar-refractivity contribution in [2.45, 2.75) is 31.9 Å². The summed E-state index contributed by atoms with van der Waals surface area (Å²) >= 11 is 0. The van der Waals surface area contributed by atoms with E-state index in [1.54, 1.807) is 17.0 Å². The van der Waals surface area contributed by atoms with Crippen molar-refractivity contribution in [2.24, 2.45) is 5.92 Å². The predicted molar refractivity (Wildman–Crippen MR) is 84.0 cm³/mol. The molecule has 1 saturated heterocycles. The third-order valence-electron chi connectivity index (χ3n) is 3.82. The van der Waals surface area contributed by atoms with Crippen molar-refractivity contribution in [2.75, 3.05) is 18.8 Å². The maximum atomic E-state index is 12.3. The Morgan fingerprint density at radius 3 is 2.29 bits per heavy atom. The van der Waals surface area contributed by atoms with Crippen LogP contribution in [-0.4, -0.2) is 43.3 Å². The lowest BCUT2D eigenvalue weighted by molar-refractivity contribution is 0.0725. The van der Waals surface area contributed by atoms with E-state index in [9.17, 15) is 13.2 Å². The standard InChI is InChI=1S/C16H23NO3S/c1-13(2)12-21(19,20)15-8-10-17(11-9-15)16(18)14-6-4-3-5-7-14/h3-7,13,15H,8-12H2,1-2H3. The number of nitrogens with zero attached hydrogens (tertiary/aromatic N) is 1. The van der Waals surface area contributed by atoms with Gasteiger partial charge in [-0.2, -0.15) is 0 Å². The fourth-order valence-corrected chi connectivity index (χ4v) is 4.91. The molecule has 0 spiro atoms. The molecule has 116 valence electrons. The summed E-state index contributed by atoms with van der Waals surface area (Å²) in [5, 5.41) is -0.292. The normalized spacial score (nSPS) is 17.2. The van der Waals surface area contributed by atoms with Crippen molar-refractivity contribution in [3.8, 4) is 0 Å². The van der Waals surface area contributed by atoms with E-state index in [-0.39, 0.29) is 22.8 Å². The zero-order valence-corrected chi connectivity index (χ0v) is 13.5. The Morgan fingerprint density at radius 2 is 1.76 bits per heavy atom. The molecule has 1 aromatic rings. The first kappa shape index (κ1) is 16.0. The topological polar surface area (TPSA) is 54.5 Å². The third-order valence-corrected chi connectivity index (χ3v) is 6.44. The third kappa shape index (κ3) is 4.06. The molecule has 0 radical (unpaired) electrons. The fourth-order valence-electron chi connectivity index (χ4n) is 2.78. The summed E-state index contributed by atoms with van der Waals surface area (Å²) in [5.41, 5.74) is 0.668. The highest BCUT2D eigenvalue weighted by molar-refractivity contribution is 7.92. The Morgan fingerprint density at radius 1 is 1.19 bits per heavy atom. The van der Waals surface area contributed by atoms with E-state index in [1.807, 2.05) is 32.0 Å². The van der Waals surface area contributed by atoms with Gasteiger partial charge in [0.15, 0.2) is 9.84 Å². The minimum absolute atomic E-state index is 0.00434. The highest BCUT2D eigenvalue weighted by Gasteiger charge is 2.31. The molecule has 1 aliphatic heterocycles. The molecular weight excluding hydrogens is 286 g/mol. The van der Waals surface area contributed by atoms with Crippen LogP contribution in [0.2, 0.25) is 0 Å². The second-order valence-electron chi connectivity index (χ2n) is 6.08. The number of hydrogen-bond acceptors (Lipinski definition) is 3. The zero-order valence-electron chi connectivity index (χ0n) is 12.7. The minimum atomic E-state index is -3.03. The largest absolute Gasteiger partial charge is 0.339 e. The Kier molecular flexibility index (Phi) is 5.04. The monoisotopic (exact) mass is 309 g/mol. The Hall–Kier alpha value is -1.36. The van der Waals surface area contributed by atoms with Crippen LogP contribution in [0.25, 0.3) is 0 Å². The van der Waals surface area contributed by atoms with E-state index < -0.39 is 9.84 Å². The molecule has 0 aromatic heterocycles. The second-order valence-corrected chi connectivity index (χ2v) is 8.41. The number of piperidine rings is 1. The number of amides is 1. The average Bonchev–Trinajstić information content (AvgIpc) is 2.46. The SMILES string of the molecule is CC(C)CS(=O)(=O)C1CCN(C(=O)c2ccccc2)CC1. The molecule has 5 heteroatoms. The molecule has 0 aliphatic carbocycles. The second kappa shape index (κ2) is 6.60. The van der Waals surface area contributed by atoms with E-state index >= 15 is 0 Å². The number of rotatable bonds is 4. The molecule has 1 aliphatic rings. The van der Waals surface area contributed by atoms with Gasteiger partial charge >= 0.3 is 0 Å². The lowest BCUT2D eigenvalue weighted by Crippen LogP contribution is -2.43. The molecule has 0 atom stereocenters. The van der Waals surface area contributed by atoms with Gasteiger partial charge in [-0.15, -0.1) is 0 Å². The highest BCUT2D eigenvalue weighted by Crippen LogP contribution is 2.21. The zero-order chi connectivity index (χ0) is 15.5. The summed E-state index contributed by atoms with van der Waals surface area (Å²) in [5.74, 6) is 0.388. The van der Waals surface area contributed by atoms with Gasteiger partial charge in [0.05, 0.1) is 11.0 Å². The summed E-state index contributed by atoms with van der Waals surface area (Å²) < 4.78 is 24.5. The molecule has 21 heavy (non-hydrogen) atoms. The van der Waals surface area contributed by atoms with Crippen LogP contribution in [0, 0.1) is 5.92 Å². The van der Waals surface area contributed by atoms with E-state index in [0.29, 0.717) is 31.5 Å². The lowest BCUT2D eigenvalue weighted by Gasteiger charge is -2.32. The van der Waals surface area contributed by atoms with Crippen LogP contribution in [0.5, 0.6) is 0 Å². The summed E-state index contributed by atoms with van der Waals surface area (Å²) in [6, 6.07) is 9.15. The van der Waals surface area contributed by atoms with E-state index in [4.69, 9.17) is 0 Å². The van der Waals surface area contributed by atoms with E-state index in [1.165, 1.54) is 0 Å². The predicted octanol–water partition coefficient (Wildman–Crippen LogP) is 2.36. The van der Waals surface area contributed by atoms with Crippen molar-refractivity contribution >= 4 is 15.7 Å². The first-order valence-electron chi connectivity index (χ1n) is 7.46. The van der Waals surface area contributed by atoms with Crippen molar-refractivity contribution in [3.05, 3.63) is 35.9 Å². The molecule has 0 N–H and O–H groups in total. The molecule has 0 saturated carbocycles. The first-order valence-corrected chi connectivity index (χ1v) is 9.17. The molecule has 1 fully saturated rings. The molecule has 1 amide bonds. The number of likely N-dealkylation sites (tertiary alicyclic amines) is 1. The van der Waals surface area contributed by atoms with Crippen LogP contribution in [0.15, 0.2) is 30.3 Å². The van der Waals surface area contributed by atoms with Gasteiger partial charge in [0.1, 0.15) is 0 Å². The summed E-state index contributed by atoms with van der Waals surface area (Å²) in [7, 11) is -3.03. The van der Waals surface area contributed by atoms with Crippen molar-refractivity contribution in [1.29, 1.82) is 0 Å². The van der Waals surface area contributed by atoms with Crippen LogP contribution in [0.4, 0.5) is 0 Å². The highest BCUT2D eigenvalue weighted by atomic mass is 32.2. The number of carbonyl (C=O) groups is 1. The molecule has 2 rings (SSSR count). The minimum Gasteiger partial charge on any atom is -0.339 e. The van der Waals surface area contributed by atoms with Gasteiger partial charge in [-0.3, -0.25) is 4.79 Å². The Bertz CT molecular complexity index is 573. The Balaban J connectivity index is 1.96. The lowest BCUT2D eigenvalue weighted by atomic mass is 10.1. The molecule has 0 bridgehead atoms. The van der Waals surface area contributed by atoms with E-state index in [0.717, 1.165) is 0 Å². The van der Waals surface area contributed by atoms with Crippen LogP contribution < -0.4 is 0 Å². The molecular formula is C16H23NO3S. The van der Waals surface area contributed by atoms with Gasteiger partial charge in [0.2, 0.25) is 0 Å². The van der Waals surface area contributed by atoms with E-state index in [2.05, 4.69) is 0 Å². The number of hydrogen-bond donors (Lipinski definition) is 0. The van der Waals surface area contributed by atoms with Gasteiger partial charge in [0, 0.05) is 18.7 Å². The van der Waals surface area contributed by atoms with Crippen molar-refractivity contribution in [1.82, 2.24) is 4.90 Å². The molecule has 4 nitrogen and oxygen atoms in total. The number of benzene rings is 1. The van der Waals surface area contributed by atoms with Gasteiger partial charge < -0.3 is 4.90 Å².